The largest absolute Gasteiger partial charge is 0.493 e. The third-order valence-electron chi connectivity index (χ3n) is 3.78. The van der Waals surface area contributed by atoms with Gasteiger partial charge >= 0.3 is 0 Å². The lowest BCUT2D eigenvalue weighted by Gasteiger charge is -2.13. The quantitative estimate of drug-likeness (QED) is 0.662. The van der Waals surface area contributed by atoms with Gasteiger partial charge in [-0.25, -0.2) is 0 Å². The maximum atomic E-state index is 12.1. The Morgan fingerprint density at radius 1 is 1.12 bits per heavy atom. The molecule has 2 aromatic carbocycles. The number of anilines is 1. The van der Waals surface area contributed by atoms with Crippen molar-refractivity contribution in [2.24, 2.45) is 0 Å². The molecule has 3 nitrogen and oxygen atoms in total. The Kier molecular flexibility index (Phi) is 7.38. The molecule has 0 aliphatic rings. The summed E-state index contributed by atoms with van der Waals surface area (Å²) in [5, 5.41) is 3.01. The fraction of sp³-hybridized carbons (Fsp3) is 0.381. The van der Waals surface area contributed by atoms with E-state index in [-0.39, 0.29) is 5.91 Å². The van der Waals surface area contributed by atoms with Gasteiger partial charge in [0.15, 0.2) is 0 Å². The highest BCUT2D eigenvalue weighted by molar-refractivity contribution is 7.99. The third-order valence-corrected chi connectivity index (χ3v) is 4.70. The van der Waals surface area contributed by atoms with Crippen LogP contribution >= 0.6 is 11.8 Å². The standard InChI is InChI=1S/C21H27NO2S/c1-15(2)19-7-5-6-8-20(19)22-21(23)14-25-10-9-24-18-12-16(3)11-17(4)13-18/h5-8,11-13,15H,9-10,14H2,1-4H3,(H,22,23). The van der Waals surface area contributed by atoms with Gasteiger partial charge in [0.25, 0.3) is 0 Å². The van der Waals surface area contributed by atoms with Gasteiger partial charge < -0.3 is 10.1 Å². The third kappa shape index (κ3) is 6.46. The number of carbonyl (C=O) groups excluding carboxylic acids is 1. The summed E-state index contributed by atoms with van der Waals surface area (Å²) in [5.74, 6) is 2.53. The average molecular weight is 358 g/mol. The van der Waals surface area contributed by atoms with Gasteiger partial charge in [-0.2, -0.15) is 0 Å². The van der Waals surface area contributed by atoms with E-state index in [9.17, 15) is 4.79 Å². The van der Waals surface area contributed by atoms with E-state index in [2.05, 4.69) is 45.1 Å². The van der Waals surface area contributed by atoms with Crippen molar-refractivity contribution in [2.75, 3.05) is 23.4 Å². The number of rotatable bonds is 8. The number of benzene rings is 2. The van der Waals surface area contributed by atoms with E-state index in [0.29, 0.717) is 18.3 Å². The maximum Gasteiger partial charge on any atom is 0.234 e. The first-order valence-corrected chi connectivity index (χ1v) is 9.79. The fourth-order valence-corrected chi connectivity index (χ4v) is 3.30. The predicted molar refractivity (Wildman–Crippen MR) is 108 cm³/mol. The van der Waals surface area contributed by atoms with Crippen LogP contribution in [0.4, 0.5) is 5.69 Å². The molecule has 2 rings (SSSR count). The lowest BCUT2D eigenvalue weighted by Crippen LogP contribution is -2.16. The van der Waals surface area contributed by atoms with Crippen molar-refractivity contribution in [1.29, 1.82) is 0 Å². The van der Waals surface area contributed by atoms with Crippen LogP contribution < -0.4 is 10.1 Å². The van der Waals surface area contributed by atoms with Crippen LogP contribution in [0.5, 0.6) is 5.75 Å². The zero-order valence-corrected chi connectivity index (χ0v) is 16.3. The zero-order valence-electron chi connectivity index (χ0n) is 15.5. The topological polar surface area (TPSA) is 38.3 Å². The summed E-state index contributed by atoms with van der Waals surface area (Å²) in [6, 6.07) is 14.2. The Morgan fingerprint density at radius 2 is 1.80 bits per heavy atom. The summed E-state index contributed by atoms with van der Waals surface area (Å²) < 4.78 is 5.77. The van der Waals surface area contributed by atoms with Crippen LogP contribution in [0.3, 0.4) is 0 Å². The van der Waals surface area contributed by atoms with Crippen LogP contribution in [-0.4, -0.2) is 24.0 Å². The smallest absolute Gasteiger partial charge is 0.234 e. The van der Waals surface area contributed by atoms with Crippen molar-refractivity contribution >= 4 is 23.4 Å². The first-order valence-electron chi connectivity index (χ1n) is 8.63. The molecule has 0 aliphatic heterocycles. The summed E-state index contributed by atoms with van der Waals surface area (Å²) in [4.78, 5) is 12.1. The predicted octanol–water partition coefficient (Wildman–Crippen LogP) is 5.18. The molecule has 0 aromatic heterocycles. The number of aryl methyl sites for hydroxylation is 2. The first kappa shape index (κ1) is 19.4. The molecule has 0 radical (unpaired) electrons. The molecule has 0 atom stereocenters. The van der Waals surface area contributed by atoms with Crippen LogP contribution in [0.25, 0.3) is 0 Å². The number of amides is 1. The molecule has 1 amide bonds. The lowest BCUT2D eigenvalue weighted by atomic mass is 10.0. The van der Waals surface area contributed by atoms with Gasteiger partial charge in [0, 0.05) is 11.4 Å². The maximum absolute atomic E-state index is 12.1. The van der Waals surface area contributed by atoms with E-state index in [1.54, 1.807) is 11.8 Å². The molecule has 134 valence electrons. The summed E-state index contributed by atoms with van der Waals surface area (Å²) in [7, 11) is 0. The van der Waals surface area contributed by atoms with Crippen molar-refractivity contribution < 1.29 is 9.53 Å². The van der Waals surface area contributed by atoms with Gasteiger partial charge in [-0.1, -0.05) is 38.1 Å². The van der Waals surface area contributed by atoms with E-state index in [4.69, 9.17) is 4.74 Å². The molecule has 0 aliphatic carbocycles. The van der Waals surface area contributed by atoms with Gasteiger partial charge in [-0.05, 0) is 54.7 Å². The second kappa shape index (κ2) is 9.52. The minimum Gasteiger partial charge on any atom is -0.493 e. The molecule has 2 aromatic rings. The van der Waals surface area contributed by atoms with E-state index in [0.717, 1.165) is 17.2 Å². The molecule has 0 saturated carbocycles. The Bertz CT molecular complexity index is 693. The normalized spacial score (nSPS) is 10.8. The molecular formula is C21H27NO2S. The zero-order chi connectivity index (χ0) is 18.2. The highest BCUT2D eigenvalue weighted by atomic mass is 32.2. The molecule has 1 N–H and O–H groups in total. The van der Waals surface area contributed by atoms with Gasteiger partial charge in [0.2, 0.25) is 5.91 Å². The molecule has 0 heterocycles. The molecule has 0 saturated heterocycles. The van der Waals surface area contributed by atoms with Gasteiger partial charge in [-0.3, -0.25) is 4.79 Å². The molecule has 0 spiro atoms. The van der Waals surface area contributed by atoms with E-state index in [1.807, 2.05) is 30.3 Å². The number of ether oxygens (including phenoxy) is 1. The van der Waals surface area contributed by atoms with Crippen molar-refractivity contribution in [3.63, 3.8) is 0 Å². The molecule has 0 unspecified atom stereocenters. The Hall–Kier alpha value is -1.94. The Morgan fingerprint density at radius 3 is 2.48 bits per heavy atom. The van der Waals surface area contributed by atoms with Crippen LogP contribution in [0.2, 0.25) is 0 Å². The number of para-hydroxylation sites is 1. The second-order valence-electron chi connectivity index (χ2n) is 6.51. The summed E-state index contributed by atoms with van der Waals surface area (Å²) >= 11 is 1.59. The molecule has 0 fully saturated rings. The number of hydrogen-bond acceptors (Lipinski definition) is 3. The molecule has 4 heteroatoms. The summed E-state index contributed by atoms with van der Waals surface area (Å²) in [5.41, 5.74) is 4.48. The van der Waals surface area contributed by atoms with Crippen LogP contribution in [0.15, 0.2) is 42.5 Å². The highest BCUT2D eigenvalue weighted by Gasteiger charge is 2.09. The summed E-state index contributed by atoms with van der Waals surface area (Å²) in [6.45, 7) is 8.99. The fourth-order valence-electron chi connectivity index (χ4n) is 2.70. The highest BCUT2D eigenvalue weighted by Crippen LogP contribution is 2.23. The second-order valence-corrected chi connectivity index (χ2v) is 7.62. The van der Waals surface area contributed by atoms with Crippen molar-refractivity contribution in [2.45, 2.75) is 33.6 Å². The molecular weight excluding hydrogens is 330 g/mol. The van der Waals surface area contributed by atoms with Crippen LogP contribution in [0.1, 0.15) is 36.5 Å². The number of carbonyl (C=O) groups is 1. The lowest BCUT2D eigenvalue weighted by molar-refractivity contribution is -0.113. The van der Waals surface area contributed by atoms with Crippen LogP contribution in [0, 0.1) is 13.8 Å². The molecule has 25 heavy (non-hydrogen) atoms. The van der Waals surface area contributed by atoms with E-state index < -0.39 is 0 Å². The minimum absolute atomic E-state index is 0.0319. The van der Waals surface area contributed by atoms with Gasteiger partial charge in [0.1, 0.15) is 5.75 Å². The Balaban J connectivity index is 1.72. The Labute approximate surface area is 155 Å². The van der Waals surface area contributed by atoms with Crippen LogP contribution in [-0.2, 0) is 4.79 Å². The van der Waals surface area contributed by atoms with Crippen molar-refractivity contribution in [1.82, 2.24) is 0 Å². The van der Waals surface area contributed by atoms with Gasteiger partial charge in [-0.15, -0.1) is 11.8 Å². The average Bonchev–Trinajstić information content (AvgIpc) is 2.54. The van der Waals surface area contributed by atoms with E-state index >= 15 is 0 Å². The van der Waals surface area contributed by atoms with E-state index in [1.165, 1.54) is 16.7 Å². The van der Waals surface area contributed by atoms with Crippen molar-refractivity contribution in [3.05, 3.63) is 59.2 Å². The first-order chi connectivity index (χ1) is 12.0. The number of nitrogens with one attached hydrogen (secondary N) is 1. The van der Waals surface area contributed by atoms with Gasteiger partial charge in [0.05, 0.1) is 12.4 Å². The SMILES string of the molecule is Cc1cc(C)cc(OCCSCC(=O)Nc2ccccc2C(C)C)c1. The minimum atomic E-state index is 0.0319. The monoisotopic (exact) mass is 357 g/mol. The number of thioether (sulfide) groups is 1. The number of hydrogen-bond donors (Lipinski definition) is 1. The van der Waals surface area contributed by atoms with Crippen molar-refractivity contribution in [3.8, 4) is 5.75 Å². The summed E-state index contributed by atoms with van der Waals surface area (Å²) in [6.07, 6.45) is 0. The molecule has 0 bridgehead atoms.